The lowest BCUT2D eigenvalue weighted by Gasteiger charge is -2.32. The van der Waals surface area contributed by atoms with E-state index in [1.807, 2.05) is 0 Å². The van der Waals surface area contributed by atoms with E-state index in [0.717, 1.165) is 5.56 Å². The Hall–Kier alpha value is -3.39. The lowest BCUT2D eigenvalue weighted by molar-refractivity contribution is -0.134. The molecule has 0 radical (unpaired) electrons. The van der Waals surface area contributed by atoms with Gasteiger partial charge in [-0.1, -0.05) is 11.6 Å². The minimum absolute atomic E-state index is 0.0236. The van der Waals surface area contributed by atoms with Gasteiger partial charge in [0.2, 0.25) is 0 Å². The zero-order chi connectivity index (χ0) is 24.1. The second-order valence-electron chi connectivity index (χ2n) is 7.94. The molecule has 7 nitrogen and oxygen atoms in total. The van der Waals surface area contributed by atoms with Gasteiger partial charge in [-0.2, -0.15) is 5.10 Å². The molecule has 178 valence electrons. The molecule has 34 heavy (non-hydrogen) atoms. The highest BCUT2D eigenvalue weighted by Crippen LogP contribution is 2.30. The van der Waals surface area contributed by atoms with Crippen LogP contribution in [0.15, 0.2) is 54.6 Å². The molecule has 9 heteroatoms. The zero-order valence-corrected chi connectivity index (χ0v) is 19.5. The highest BCUT2D eigenvalue weighted by molar-refractivity contribution is 6.30. The number of likely N-dealkylation sites (tertiary alicyclic amines) is 1. The first kappa shape index (κ1) is 23.8. The van der Waals surface area contributed by atoms with Crippen LogP contribution < -0.4 is 4.74 Å². The second-order valence-corrected chi connectivity index (χ2v) is 8.38. The Bertz CT molecular complexity index is 1140. The van der Waals surface area contributed by atoms with E-state index in [1.165, 1.54) is 12.1 Å². The van der Waals surface area contributed by atoms with Gasteiger partial charge in [0.25, 0.3) is 5.91 Å². The summed E-state index contributed by atoms with van der Waals surface area (Å²) in [6, 6.07) is 14.6. The van der Waals surface area contributed by atoms with Crippen molar-refractivity contribution in [3.05, 3.63) is 71.1 Å². The number of benzene rings is 2. The van der Waals surface area contributed by atoms with E-state index in [0.29, 0.717) is 42.4 Å². The van der Waals surface area contributed by atoms with E-state index in [9.17, 15) is 14.0 Å². The molecule has 1 aliphatic rings. The molecule has 0 N–H and O–H groups in total. The van der Waals surface area contributed by atoms with Crippen LogP contribution in [0.3, 0.4) is 0 Å². The summed E-state index contributed by atoms with van der Waals surface area (Å²) in [5.41, 5.74) is 1.66. The molecule has 0 spiro atoms. The molecule has 1 saturated heterocycles. The molecule has 3 aromatic rings. The summed E-state index contributed by atoms with van der Waals surface area (Å²) < 4.78 is 25.9. The number of carbonyl (C=O) groups is 2. The number of ether oxygens (including phenoxy) is 2. The summed E-state index contributed by atoms with van der Waals surface area (Å²) in [7, 11) is 0. The SMILES string of the molecule is CCOC(=O)c1cc(-c2ccc(F)cc2)n(C2CCN(C(=O)COc3ccc(Cl)cc3)CC2)n1. The van der Waals surface area contributed by atoms with Gasteiger partial charge in [-0.25, -0.2) is 9.18 Å². The lowest BCUT2D eigenvalue weighted by atomic mass is 10.0. The Morgan fingerprint density at radius 1 is 1.09 bits per heavy atom. The number of hydrogen-bond acceptors (Lipinski definition) is 5. The summed E-state index contributed by atoms with van der Waals surface area (Å²) >= 11 is 5.87. The van der Waals surface area contributed by atoms with E-state index < -0.39 is 5.97 Å². The van der Waals surface area contributed by atoms with Crippen LogP contribution in [0.4, 0.5) is 4.39 Å². The van der Waals surface area contributed by atoms with Crippen molar-refractivity contribution in [3.63, 3.8) is 0 Å². The molecule has 1 aromatic heterocycles. The number of piperidine rings is 1. The molecule has 2 heterocycles. The van der Waals surface area contributed by atoms with Crippen LogP contribution in [0.25, 0.3) is 11.3 Å². The molecule has 4 rings (SSSR count). The number of amides is 1. The number of hydrogen-bond donors (Lipinski definition) is 0. The molecular formula is C25H25ClFN3O4. The Kier molecular flexibility index (Phi) is 7.47. The summed E-state index contributed by atoms with van der Waals surface area (Å²) in [5, 5.41) is 5.12. The fourth-order valence-corrected chi connectivity index (χ4v) is 4.07. The summed E-state index contributed by atoms with van der Waals surface area (Å²) in [6.45, 7) is 2.99. The van der Waals surface area contributed by atoms with Crippen molar-refractivity contribution in [3.8, 4) is 17.0 Å². The van der Waals surface area contributed by atoms with Crippen LogP contribution in [-0.2, 0) is 9.53 Å². The van der Waals surface area contributed by atoms with Crippen molar-refractivity contribution in [2.24, 2.45) is 0 Å². The minimum Gasteiger partial charge on any atom is -0.484 e. The van der Waals surface area contributed by atoms with E-state index in [1.54, 1.807) is 59.0 Å². The van der Waals surface area contributed by atoms with Crippen LogP contribution in [0.2, 0.25) is 5.02 Å². The molecule has 0 bridgehead atoms. The van der Waals surface area contributed by atoms with Gasteiger partial charge in [0.15, 0.2) is 12.3 Å². The number of esters is 1. The number of halogens is 2. The van der Waals surface area contributed by atoms with Crippen molar-refractivity contribution >= 4 is 23.5 Å². The van der Waals surface area contributed by atoms with E-state index in [2.05, 4.69) is 5.10 Å². The van der Waals surface area contributed by atoms with Gasteiger partial charge in [0.1, 0.15) is 11.6 Å². The van der Waals surface area contributed by atoms with Crippen LogP contribution in [-0.4, -0.2) is 52.9 Å². The molecule has 0 atom stereocenters. The lowest BCUT2D eigenvalue weighted by Crippen LogP contribution is -2.41. The summed E-state index contributed by atoms with van der Waals surface area (Å²) in [6.07, 6.45) is 1.32. The fraction of sp³-hybridized carbons (Fsp3) is 0.320. The highest BCUT2D eigenvalue weighted by atomic mass is 35.5. The van der Waals surface area contributed by atoms with E-state index >= 15 is 0 Å². The van der Waals surface area contributed by atoms with Crippen LogP contribution in [0, 0.1) is 5.82 Å². The van der Waals surface area contributed by atoms with Gasteiger partial charge in [0.05, 0.1) is 18.3 Å². The third-order valence-electron chi connectivity index (χ3n) is 5.70. The summed E-state index contributed by atoms with van der Waals surface area (Å²) in [4.78, 5) is 26.7. The van der Waals surface area contributed by atoms with Crippen molar-refractivity contribution in [1.82, 2.24) is 14.7 Å². The third kappa shape index (κ3) is 5.56. The Labute approximate surface area is 202 Å². The predicted molar refractivity (Wildman–Crippen MR) is 125 cm³/mol. The molecular weight excluding hydrogens is 461 g/mol. The highest BCUT2D eigenvalue weighted by Gasteiger charge is 2.28. The second kappa shape index (κ2) is 10.7. The van der Waals surface area contributed by atoms with Gasteiger partial charge in [-0.05, 0) is 74.4 Å². The van der Waals surface area contributed by atoms with Crippen molar-refractivity contribution in [1.29, 1.82) is 0 Å². The third-order valence-corrected chi connectivity index (χ3v) is 5.95. The molecule has 0 unspecified atom stereocenters. The first-order valence-corrected chi connectivity index (χ1v) is 11.5. The first-order valence-electron chi connectivity index (χ1n) is 11.1. The molecule has 2 aromatic carbocycles. The Balaban J connectivity index is 1.44. The maximum Gasteiger partial charge on any atom is 0.358 e. The largest absolute Gasteiger partial charge is 0.484 e. The van der Waals surface area contributed by atoms with Crippen LogP contribution in [0.5, 0.6) is 5.75 Å². The van der Waals surface area contributed by atoms with E-state index in [4.69, 9.17) is 21.1 Å². The normalized spacial score (nSPS) is 14.1. The first-order chi connectivity index (χ1) is 16.4. The van der Waals surface area contributed by atoms with Gasteiger partial charge in [-0.15, -0.1) is 0 Å². The molecule has 1 aliphatic heterocycles. The van der Waals surface area contributed by atoms with Crippen LogP contribution in [0.1, 0.15) is 36.3 Å². The quantitative estimate of drug-likeness (QED) is 0.451. The smallest absolute Gasteiger partial charge is 0.358 e. The number of carbonyl (C=O) groups excluding carboxylic acids is 2. The number of aromatic nitrogens is 2. The zero-order valence-electron chi connectivity index (χ0n) is 18.7. The van der Waals surface area contributed by atoms with Gasteiger partial charge in [-0.3, -0.25) is 9.48 Å². The van der Waals surface area contributed by atoms with Gasteiger partial charge >= 0.3 is 5.97 Å². The molecule has 0 aliphatic carbocycles. The maximum absolute atomic E-state index is 13.4. The molecule has 0 saturated carbocycles. The minimum atomic E-state index is -0.503. The Morgan fingerprint density at radius 2 is 1.76 bits per heavy atom. The van der Waals surface area contributed by atoms with Crippen molar-refractivity contribution in [2.45, 2.75) is 25.8 Å². The fourth-order valence-electron chi connectivity index (χ4n) is 3.94. The van der Waals surface area contributed by atoms with E-state index in [-0.39, 0.29) is 36.7 Å². The van der Waals surface area contributed by atoms with Crippen molar-refractivity contribution in [2.75, 3.05) is 26.3 Å². The van der Waals surface area contributed by atoms with Gasteiger partial charge < -0.3 is 14.4 Å². The topological polar surface area (TPSA) is 73.7 Å². The number of nitrogens with zero attached hydrogens (tertiary/aromatic N) is 3. The molecule has 1 amide bonds. The predicted octanol–water partition coefficient (Wildman–Crippen LogP) is 4.76. The summed E-state index contributed by atoms with van der Waals surface area (Å²) in [5.74, 6) is -0.357. The van der Waals surface area contributed by atoms with Gasteiger partial charge in [0, 0.05) is 23.7 Å². The van der Waals surface area contributed by atoms with Crippen LogP contribution >= 0.6 is 11.6 Å². The maximum atomic E-state index is 13.4. The average molecular weight is 486 g/mol. The number of rotatable bonds is 7. The molecule has 1 fully saturated rings. The Morgan fingerprint density at radius 3 is 2.41 bits per heavy atom. The monoisotopic (exact) mass is 485 g/mol. The standard InChI is InChI=1S/C25H25ClFN3O4/c1-2-33-25(32)22-15-23(17-3-7-19(27)8-4-17)30(28-22)20-11-13-29(14-12-20)24(31)16-34-21-9-5-18(26)6-10-21/h3-10,15,20H,2,11-14,16H2,1H3. The van der Waals surface area contributed by atoms with Crippen molar-refractivity contribution < 1.29 is 23.5 Å². The average Bonchev–Trinajstić information content (AvgIpc) is 3.30.